The van der Waals surface area contributed by atoms with Crippen LogP contribution >= 0.6 is 12.4 Å². The third-order valence-electron chi connectivity index (χ3n) is 5.92. The van der Waals surface area contributed by atoms with E-state index < -0.39 is 5.97 Å². The minimum Gasteiger partial charge on any atom is -0.507 e. The SMILES string of the molecule is Cl.NCCN(CCN)c1nc(Nc2ccc(C(=O)Oc3ccccc3)c(O)c2)nc(N2C[C@H](N)C[C@H](N)C2)n1. The van der Waals surface area contributed by atoms with Gasteiger partial charge in [0.15, 0.2) is 0 Å². The van der Waals surface area contributed by atoms with Gasteiger partial charge in [-0.1, -0.05) is 18.2 Å². The number of hydrogen-bond acceptors (Lipinski definition) is 13. The highest BCUT2D eigenvalue weighted by Gasteiger charge is 2.26. The Kier molecular flexibility index (Phi) is 10.6. The molecule has 2 aromatic carbocycles. The van der Waals surface area contributed by atoms with Crippen molar-refractivity contribution in [3.8, 4) is 11.5 Å². The first-order chi connectivity index (χ1) is 18.4. The van der Waals surface area contributed by atoms with Crippen molar-refractivity contribution >= 4 is 41.9 Å². The highest BCUT2D eigenvalue weighted by atomic mass is 35.5. The summed E-state index contributed by atoms with van der Waals surface area (Å²) in [6.45, 7) is 2.86. The molecule has 0 unspecified atom stereocenters. The van der Waals surface area contributed by atoms with E-state index in [1.807, 2.05) is 15.9 Å². The number of para-hydroxylation sites is 1. The number of ether oxygens (including phenoxy) is 1. The van der Waals surface area contributed by atoms with Crippen LogP contribution < -0.4 is 42.8 Å². The molecule has 3 aromatic rings. The largest absolute Gasteiger partial charge is 0.507 e. The molecule has 1 aromatic heterocycles. The maximum absolute atomic E-state index is 12.5. The van der Waals surface area contributed by atoms with E-state index in [2.05, 4.69) is 20.3 Å². The lowest BCUT2D eigenvalue weighted by atomic mass is 10.0. The van der Waals surface area contributed by atoms with Crippen LogP contribution in [-0.4, -0.2) is 77.4 Å². The lowest BCUT2D eigenvalue weighted by Crippen LogP contribution is -2.53. The molecule has 4 rings (SSSR count). The van der Waals surface area contributed by atoms with Gasteiger partial charge in [0.05, 0.1) is 0 Å². The molecule has 14 heteroatoms. The summed E-state index contributed by atoms with van der Waals surface area (Å²) >= 11 is 0. The molecule has 0 spiro atoms. The molecule has 1 saturated heterocycles. The van der Waals surface area contributed by atoms with Crippen LogP contribution in [-0.2, 0) is 0 Å². The van der Waals surface area contributed by atoms with Crippen LogP contribution in [0.3, 0.4) is 0 Å². The quantitative estimate of drug-likeness (QED) is 0.148. The predicted octanol–water partition coefficient (Wildman–Crippen LogP) is 0.550. The van der Waals surface area contributed by atoms with Crippen LogP contribution in [0.25, 0.3) is 0 Å². The molecule has 13 nitrogen and oxygen atoms in total. The smallest absolute Gasteiger partial charge is 0.347 e. The standard InChI is InChI=1S/C25H34N10O3.ClH/c26-8-10-34(11-9-27)24-31-23(32-25(33-24)35-14-16(28)12-17(29)15-35)30-18-6-7-20(21(36)13-18)22(37)38-19-4-2-1-3-5-19;/h1-7,13,16-17,36H,8-12,14-15,26-29H2,(H,30,31,32,33);1H/t16-,17+;. The van der Waals surface area contributed by atoms with E-state index in [4.69, 9.17) is 27.7 Å². The number of carbonyl (C=O) groups excluding carboxylic acids is 1. The van der Waals surface area contributed by atoms with Gasteiger partial charge in [-0.05, 0) is 30.7 Å². The number of aromatic nitrogens is 3. The Bertz CT molecular complexity index is 1220. The molecule has 10 N–H and O–H groups in total. The summed E-state index contributed by atoms with van der Waals surface area (Å²) < 4.78 is 5.32. The van der Waals surface area contributed by atoms with Crippen molar-refractivity contribution in [1.29, 1.82) is 0 Å². The first-order valence-corrected chi connectivity index (χ1v) is 12.4. The molecule has 210 valence electrons. The first kappa shape index (κ1) is 29.8. The Morgan fingerprint density at radius 3 is 2.31 bits per heavy atom. The van der Waals surface area contributed by atoms with Crippen molar-refractivity contribution in [3.63, 3.8) is 0 Å². The van der Waals surface area contributed by atoms with Crippen molar-refractivity contribution in [2.24, 2.45) is 22.9 Å². The fourth-order valence-electron chi connectivity index (χ4n) is 4.22. The van der Waals surface area contributed by atoms with Gasteiger partial charge in [-0.2, -0.15) is 15.0 Å². The number of esters is 1. The number of carbonyl (C=O) groups is 1. The van der Waals surface area contributed by atoms with Crippen molar-refractivity contribution in [2.75, 3.05) is 54.4 Å². The number of nitrogens with two attached hydrogens (primary N) is 4. The van der Waals surface area contributed by atoms with Gasteiger partial charge in [0, 0.05) is 63.1 Å². The van der Waals surface area contributed by atoms with E-state index >= 15 is 0 Å². The molecule has 0 radical (unpaired) electrons. The van der Waals surface area contributed by atoms with Gasteiger partial charge in [-0.3, -0.25) is 0 Å². The summed E-state index contributed by atoms with van der Waals surface area (Å²) in [4.78, 5) is 30.1. The van der Waals surface area contributed by atoms with Crippen molar-refractivity contribution in [2.45, 2.75) is 18.5 Å². The summed E-state index contributed by atoms with van der Waals surface area (Å²) in [6, 6.07) is 12.9. The maximum atomic E-state index is 12.5. The number of phenolic OH excluding ortho intramolecular Hbond substituents is 1. The van der Waals surface area contributed by atoms with Gasteiger partial charge >= 0.3 is 5.97 Å². The topological polar surface area (TPSA) is 208 Å². The zero-order valence-electron chi connectivity index (χ0n) is 21.4. The van der Waals surface area contributed by atoms with E-state index in [0.29, 0.717) is 69.0 Å². The molecule has 1 aliphatic heterocycles. The van der Waals surface area contributed by atoms with E-state index in [1.54, 1.807) is 30.3 Å². The van der Waals surface area contributed by atoms with Crippen molar-refractivity contribution in [3.05, 3.63) is 54.1 Å². The van der Waals surface area contributed by atoms with Gasteiger partial charge < -0.3 is 47.9 Å². The number of hydrogen-bond donors (Lipinski definition) is 6. The summed E-state index contributed by atoms with van der Waals surface area (Å²) in [5.41, 5.74) is 24.5. The molecule has 2 heterocycles. The number of aromatic hydroxyl groups is 1. The minimum atomic E-state index is -0.679. The second-order valence-electron chi connectivity index (χ2n) is 9.04. The molecular weight excluding hydrogens is 524 g/mol. The van der Waals surface area contributed by atoms with E-state index in [9.17, 15) is 9.90 Å². The van der Waals surface area contributed by atoms with Gasteiger partial charge in [0.1, 0.15) is 17.1 Å². The summed E-state index contributed by atoms with van der Waals surface area (Å²) in [7, 11) is 0. The van der Waals surface area contributed by atoms with Crippen LogP contribution in [0.4, 0.5) is 23.5 Å². The Labute approximate surface area is 232 Å². The monoisotopic (exact) mass is 558 g/mol. The van der Waals surface area contributed by atoms with E-state index in [-0.39, 0.29) is 41.8 Å². The van der Waals surface area contributed by atoms with Gasteiger partial charge in [-0.25, -0.2) is 4.79 Å². The lowest BCUT2D eigenvalue weighted by molar-refractivity contribution is 0.0731. The molecule has 0 bridgehead atoms. The zero-order valence-corrected chi connectivity index (χ0v) is 22.3. The Morgan fingerprint density at radius 1 is 1.03 bits per heavy atom. The third kappa shape index (κ3) is 7.88. The number of anilines is 4. The van der Waals surface area contributed by atoms with Gasteiger partial charge in [-0.15, -0.1) is 12.4 Å². The summed E-state index contributed by atoms with van der Waals surface area (Å²) in [5.74, 6) is 0.480. The highest BCUT2D eigenvalue weighted by molar-refractivity contribution is 5.94. The zero-order chi connectivity index (χ0) is 27.1. The molecule has 0 aliphatic carbocycles. The Morgan fingerprint density at radius 2 is 1.69 bits per heavy atom. The molecule has 39 heavy (non-hydrogen) atoms. The summed E-state index contributed by atoms with van der Waals surface area (Å²) in [5, 5.41) is 13.6. The molecular formula is C25H35ClN10O3. The van der Waals surface area contributed by atoms with E-state index in [0.717, 1.165) is 0 Å². The van der Waals surface area contributed by atoms with Crippen LogP contribution in [0.1, 0.15) is 16.8 Å². The van der Waals surface area contributed by atoms with Crippen LogP contribution in [0.15, 0.2) is 48.5 Å². The number of benzene rings is 2. The fraction of sp³-hybridized carbons (Fsp3) is 0.360. The molecule has 2 atom stereocenters. The first-order valence-electron chi connectivity index (χ1n) is 12.4. The van der Waals surface area contributed by atoms with E-state index in [1.165, 1.54) is 12.1 Å². The molecule has 0 saturated carbocycles. The molecule has 1 fully saturated rings. The number of piperidine rings is 1. The predicted molar refractivity (Wildman–Crippen MR) is 153 cm³/mol. The second-order valence-corrected chi connectivity index (χ2v) is 9.04. The number of rotatable bonds is 10. The van der Waals surface area contributed by atoms with Gasteiger partial charge in [0.2, 0.25) is 17.8 Å². The number of halogens is 1. The third-order valence-corrected chi connectivity index (χ3v) is 5.92. The highest BCUT2D eigenvalue weighted by Crippen LogP contribution is 2.27. The second kappa shape index (κ2) is 13.9. The maximum Gasteiger partial charge on any atom is 0.347 e. The minimum absolute atomic E-state index is 0. The average molecular weight is 559 g/mol. The van der Waals surface area contributed by atoms with Crippen LogP contribution in [0, 0.1) is 0 Å². The normalized spacial score (nSPS) is 16.8. The fourth-order valence-corrected chi connectivity index (χ4v) is 4.22. The average Bonchev–Trinajstić information content (AvgIpc) is 2.88. The summed E-state index contributed by atoms with van der Waals surface area (Å²) in [6.07, 6.45) is 0.713. The Balaban J connectivity index is 0.00000420. The molecule has 1 aliphatic rings. The molecule has 0 amide bonds. The number of nitrogens with zero attached hydrogens (tertiary/aromatic N) is 5. The Hall–Kier alpha value is -3.75. The van der Waals surface area contributed by atoms with Crippen molar-refractivity contribution < 1.29 is 14.6 Å². The van der Waals surface area contributed by atoms with Crippen LogP contribution in [0.2, 0.25) is 0 Å². The van der Waals surface area contributed by atoms with Crippen LogP contribution in [0.5, 0.6) is 11.5 Å². The van der Waals surface area contributed by atoms with Gasteiger partial charge in [0.25, 0.3) is 0 Å². The number of phenols is 1. The van der Waals surface area contributed by atoms with Crippen molar-refractivity contribution in [1.82, 2.24) is 15.0 Å². The number of nitrogens with one attached hydrogen (secondary N) is 1. The lowest BCUT2D eigenvalue weighted by Gasteiger charge is -2.35.